The SMILES string of the molecule is CN(C)C(=O)c1ccc(NC(=O)CN2CCCSc3ccccc32)cc1. The number of anilines is 2. The van der Waals surface area contributed by atoms with E-state index in [9.17, 15) is 9.59 Å². The summed E-state index contributed by atoms with van der Waals surface area (Å²) in [6.07, 6.45) is 1.05. The smallest absolute Gasteiger partial charge is 0.253 e. The van der Waals surface area contributed by atoms with Crippen LogP contribution in [-0.4, -0.2) is 49.7 Å². The Bertz CT molecular complexity index is 790. The summed E-state index contributed by atoms with van der Waals surface area (Å²) in [4.78, 5) is 29.3. The van der Waals surface area contributed by atoms with Crippen LogP contribution in [-0.2, 0) is 4.79 Å². The predicted molar refractivity (Wildman–Crippen MR) is 107 cm³/mol. The van der Waals surface area contributed by atoms with Gasteiger partial charge >= 0.3 is 0 Å². The molecule has 0 atom stereocenters. The summed E-state index contributed by atoms with van der Waals surface area (Å²) >= 11 is 1.84. The maximum Gasteiger partial charge on any atom is 0.253 e. The zero-order valence-corrected chi connectivity index (χ0v) is 15.9. The van der Waals surface area contributed by atoms with E-state index in [1.165, 1.54) is 9.80 Å². The third-order valence-electron chi connectivity index (χ3n) is 4.19. The molecule has 1 N–H and O–H groups in total. The molecule has 2 amide bonds. The van der Waals surface area contributed by atoms with Crippen LogP contribution in [0.25, 0.3) is 0 Å². The molecule has 0 saturated heterocycles. The average molecular weight is 369 g/mol. The van der Waals surface area contributed by atoms with Gasteiger partial charge in [0.15, 0.2) is 0 Å². The van der Waals surface area contributed by atoms with Crippen LogP contribution >= 0.6 is 11.8 Å². The van der Waals surface area contributed by atoms with E-state index in [0.29, 0.717) is 17.8 Å². The number of amides is 2. The van der Waals surface area contributed by atoms with Crippen LogP contribution in [0.1, 0.15) is 16.8 Å². The lowest BCUT2D eigenvalue weighted by Gasteiger charge is -2.23. The number of rotatable bonds is 4. The van der Waals surface area contributed by atoms with E-state index in [0.717, 1.165) is 24.4 Å². The number of para-hydroxylation sites is 1. The zero-order valence-electron chi connectivity index (χ0n) is 15.1. The van der Waals surface area contributed by atoms with E-state index in [1.54, 1.807) is 38.4 Å². The normalized spacial score (nSPS) is 13.5. The van der Waals surface area contributed by atoms with Gasteiger partial charge in [-0.1, -0.05) is 12.1 Å². The van der Waals surface area contributed by atoms with Crippen LogP contribution < -0.4 is 10.2 Å². The fraction of sp³-hybridized carbons (Fsp3) is 0.300. The summed E-state index contributed by atoms with van der Waals surface area (Å²) in [6, 6.07) is 15.2. The van der Waals surface area contributed by atoms with E-state index < -0.39 is 0 Å². The number of nitrogens with one attached hydrogen (secondary N) is 1. The van der Waals surface area contributed by atoms with Gasteiger partial charge in [-0.15, -0.1) is 11.8 Å². The van der Waals surface area contributed by atoms with Gasteiger partial charge < -0.3 is 15.1 Å². The van der Waals surface area contributed by atoms with Gasteiger partial charge in [-0.05, 0) is 48.6 Å². The topological polar surface area (TPSA) is 52.7 Å². The molecule has 1 aliphatic rings. The highest BCUT2D eigenvalue weighted by molar-refractivity contribution is 7.99. The Morgan fingerprint density at radius 3 is 2.58 bits per heavy atom. The highest BCUT2D eigenvalue weighted by atomic mass is 32.2. The minimum absolute atomic E-state index is 0.0541. The standard InChI is InChI=1S/C20H23N3O2S/c1-22(2)20(25)15-8-10-16(11-9-15)21-19(24)14-23-12-5-13-26-18-7-4-3-6-17(18)23/h3-4,6-11H,5,12-14H2,1-2H3,(H,21,24). The largest absolute Gasteiger partial charge is 0.361 e. The highest BCUT2D eigenvalue weighted by Gasteiger charge is 2.18. The number of benzene rings is 2. The minimum Gasteiger partial charge on any atom is -0.361 e. The van der Waals surface area contributed by atoms with Crippen molar-refractivity contribution in [2.75, 3.05) is 43.2 Å². The van der Waals surface area contributed by atoms with Gasteiger partial charge in [0.05, 0.1) is 12.2 Å². The molecule has 0 aromatic heterocycles. The fourth-order valence-corrected chi connectivity index (χ4v) is 3.90. The predicted octanol–water partition coefficient (Wildman–Crippen LogP) is 3.33. The fourth-order valence-electron chi connectivity index (χ4n) is 2.89. The quantitative estimate of drug-likeness (QED) is 0.898. The summed E-state index contributed by atoms with van der Waals surface area (Å²) < 4.78 is 0. The number of carbonyl (C=O) groups is 2. The van der Waals surface area contributed by atoms with Crippen molar-refractivity contribution in [3.63, 3.8) is 0 Å². The van der Waals surface area contributed by atoms with Gasteiger partial charge in [0.25, 0.3) is 5.91 Å². The van der Waals surface area contributed by atoms with Crippen LogP contribution in [0.2, 0.25) is 0 Å². The first kappa shape index (κ1) is 18.3. The van der Waals surface area contributed by atoms with Crippen LogP contribution in [0.5, 0.6) is 0 Å². The molecule has 5 nitrogen and oxygen atoms in total. The van der Waals surface area contributed by atoms with Crippen molar-refractivity contribution in [2.45, 2.75) is 11.3 Å². The third-order valence-corrected chi connectivity index (χ3v) is 5.34. The van der Waals surface area contributed by atoms with Crippen molar-refractivity contribution in [1.82, 2.24) is 4.90 Å². The first-order chi connectivity index (χ1) is 12.5. The summed E-state index contributed by atoms with van der Waals surface area (Å²) in [5, 5.41) is 2.92. The zero-order chi connectivity index (χ0) is 18.5. The van der Waals surface area contributed by atoms with Gasteiger partial charge in [0.2, 0.25) is 5.91 Å². The second kappa shape index (κ2) is 8.27. The number of hydrogen-bond acceptors (Lipinski definition) is 4. The average Bonchev–Trinajstić information content (AvgIpc) is 2.84. The van der Waals surface area contributed by atoms with E-state index in [2.05, 4.69) is 22.3 Å². The van der Waals surface area contributed by atoms with Gasteiger partial charge in [0, 0.05) is 36.8 Å². The summed E-state index contributed by atoms with van der Waals surface area (Å²) in [6.45, 7) is 1.18. The molecule has 0 spiro atoms. The molecular weight excluding hydrogens is 346 g/mol. The summed E-state index contributed by atoms with van der Waals surface area (Å²) in [7, 11) is 3.44. The molecule has 1 aliphatic heterocycles. The van der Waals surface area contributed by atoms with Crippen molar-refractivity contribution >= 4 is 35.0 Å². The monoisotopic (exact) mass is 369 g/mol. The van der Waals surface area contributed by atoms with Crippen LogP contribution in [0.4, 0.5) is 11.4 Å². The molecule has 0 fully saturated rings. The first-order valence-electron chi connectivity index (χ1n) is 8.63. The molecule has 0 bridgehead atoms. The van der Waals surface area contributed by atoms with Gasteiger partial charge in [-0.2, -0.15) is 0 Å². The lowest BCUT2D eigenvalue weighted by Crippen LogP contribution is -2.34. The molecule has 0 unspecified atom stereocenters. The lowest BCUT2D eigenvalue weighted by atomic mass is 10.2. The Morgan fingerprint density at radius 2 is 1.85 bits per heavy atom. The second-order valence-corrected chi connectivity index (χ2v) is 7.55. The number of hydrogen-bond donors (Lipinski definition) is 1. The highest BCUT2D eigenvalue weighted by Crippen LogP contribution is 2.33. The molecule has 2 aromatic carbocycles. The Hall–Kier alpha value is -2.47. The Morgan fingerprint density at radius 1 is 1.12 bits per heavy atom. The maximum absolute atomic E-state index is 12.5. The number of thioether (sulfide) groups is 1. The van der Waals surface area contributed by atoms with Crippen molar-refractivity contribution < 1.29 is 9.59 Å². The van der Waals surface area contributed by atoms with Gasteiger partial charge in [-0.25, -0.2) is 0 Å². The van der Waals surface area contributed by atoms with E-state index in [4.69, 9.17) is 0 Å². The second-order valence-electron chi connectivity index (χ2n) is 6.42. The third kappa shape index (κ3) is 4.38. The lowest BCUT2D eigenvalue weighted by molar-refractivity contribution is -0.115. The summed E-state index contributed by atoms with van der Waals surface area (Å²) in [5.41, 5.74) is 2.42. The molecule has 2 aromatic rings. The molecule has 3 rings (SSSR count). The molecule has 1 heterocycles. The number of fused-ring (bicyclic) bond motifs is 1. The molecule has 0 radical (unpaired) electrons. The van der Waals surface area contributed by atoms with Crippen LogP contribution in [0, 0.1) is 0 Å². The Labute approximate surface area is 158 Å². The van der Waals surface area contributed by atoms with Crippen molar-refractivity contribution in [1.29, 1.82) is 0 Å². The number of nitrogens with zero attached hydrogens (tertiary/aromatic N) is 2. The molecule has 0 aliphatic carbocycles. The van der Waals surface area contributed by atoms with E-state index >= 15 is 0 Å². The maximum atomic E-state index is 12.5. The molecule has 136 valence electrons. The molecule has 0 saturated carbocycles. The van der Waals surface area contributed by atoms with Crippen molar-refractivity contribution in [3.05, 3.63) is 54.1 Å². The molecule has 26 heavy (non-hydrogen) atoms. The first-order valence-corrected chi connectivity index (χ1v) is 9.61. The van der Waals surface area contributed by atoms with Crippen molar-refractivity contribution in [3.8, 4) is 0 Å². The number of carbonyl (C=O) groups excluding carboxylic acids is 2. The van der Waals surface area contributed by atoms with Crippen LogP contribution in [0.15, 0.2) is 53.4 Å². The van der Waals surface area contributed by atoms with E-state index in [1.807, 2.05) is 23.9 Å². The molecular formula is C20H23N3O2S. The van der Waals surface area contributed by atoms with Crippen LogP contribution in [0.3, 0.4) is 0 Å². The molecule has 6 heteroatoms. The van der Waals surface area contributed by atoms with E-state index in [-0.39, 0.29) is 11.8 Å². The summed E-state index contributed by atoms with van der Waals surface area (Å²) in [5.74, 6) is 0.955. The van der Waals surface area contributed by atoms with Gasteiger partial charge in [-0.3, -0.25) is 9.59 Å². The Kier molecular flexibility index (Phi) is 5.83. The van der Waals surface area contributed by atoms with Crippen molar-refractivity contribution in [2.24, 2.45) is 0 Å². The van der Waals surface area contributed by atoms with Gasteiger partial charge in [0.1, 0.15) is 0 Å². The Balaban J connectivity index is 1.65. The minimum atomic E-state index is -0.0570.